The predicted molar refractivity (Wildman–Crippen MR) is 76.6 cm³/mol. The van der Waals surface area contributed by atoms with Crippen LogP contribution in [0.4, 0.5) is 11.5 Å². The van der Waals surface area contributed by atoms with Gasteiger partial charge >= 0.3 is 0 Å². The van der Waals surface area contributed by atoms with Crippen LogP contribution in [-0.2, 0) is 0 Å². The first-order chi connectivity index (χ1) is 8.56. The normalized spacial score (nSPS) is 12.2. The number of nitrogens with zero attached hydrogens (tertiary/aromatic N) is 1. The Morgan fingerprint density at radius 1 is 1.11 bits per heavy atom. The Bertz CT molecular complexity index is 532. The number of nitrogen functional groups attached to an aromatic ring is 1. The van der Waals surface area contributed by atoms with Crippen LogP contribution in [0.15, 0.2) is 36.5 Å². The Morgan fingerprint density at radius 3 is 2.39 bits per heavy atom. The van der Waals surface area contributed by atoms with Crippen molar-refractivity contribution in [2.24, 2.45) is 0 Å². The molecular weight excluding hydrogens is 222 g/mol. The molecule has 2 rings (SSSR count). The van der Waals surface area contributed by atoms with Crippen LogP contribution in [0.25, 0.3) is 0 Å². The maximum atomic E-state index is 5.95. The van der Waals surface area contributed by atoms with Crippen molar-refractivity contribution in [2.75, 3.05) is 11.1 Å². The van der Waals surface area contributed by atoms with E-state index >= 15 is 0 Å². The Kier molecular flexibility index (Phi) is 3.51. The maximum absolute atomic E-state index is 5.95. The zero-order valence-corrected chi connectivity index (χ0v) is 11.1. The first kappa shape index (κ1) is 12.4. The summed E-state index contributed by atoms with van der Waals surface area (Å²) in [6, 6.07) is 10.6. The second kappa shape index (κ2) is 5.08. The third-order valence-electron chi connectivity index (χ3n) is 2.98. The van der Waals surface area contributed by atoms with Crippen LogP contribution in [-0.4, -0.2) is 4.98 Å². The van der Waals surface area contributed by atoms with Crippen molar-refractivity contribution in [3.8, 4) is 0 Å². The quantitative estimate of drug-likeness (QED) is 0.865. The first-order valence-electron chi connectivity index (χ1n) is 6.11. The molecule has 0 radical (unpaired) electrons. The van der Waals surface area contributed by atoms with E-state index in [4.69, 9.17) is 5.73 Å². The van der Waals surface area contributed by atoms with Gasteiger partial charge in [-0.15, -0.1) is 0 Å². The highest BCUT2D eigenvalue weighted by atomic mass is 15.0. The van der Waals surface area contributed by atoms with Crippen molar-refractivity contribution in [1.82, 2.24) is 4.98 Å². The molecule has 1 aromatic heterocycles. The second-order valence-corrected chi connectivity index (χ2v) is 4.73. The number of pyridine rings is 1. The molecule has 0 fully saturated rings. The van der Waals surface area contributed by atoms with Gasteiger partial charge in [0.05, 0.1) is 11.7 Å². The van der Waals surface area contributed by atoms with Gasteiger partial charge in [-0.25, -0.2) is 4.98 Å². The van der Waals surface area contributed by atoms with Crippen LogP contribution in [0.5, 0.6) is 0 Å². The number of aryl methyl sites for hydroxylation is 2. The van der Waals surface area contributed by atoms with E-state index in [1.807, 2.05) is 19.2 Å². The van der Waals surface area contributed by atoms with E-state index in [2.05, 4.69) is 48.4 Å². The van der Waals surface area contributed by atoms with Gasteiger partial charge in [-0.05, 0) is 38.0 Å². The smallest absolute Gasteiger partial charge is 0.149 e. The average molecular weight is 241 g/mol. The van der Waals surface area contributed by atoms with E-state index in [1.54, 1.807) is 0 Å². The van der Waals surface area contributed by atoms with Crippen LogP contribution in [0.2, 0.25) is 0 Å². The van der Waals surface area contributed by atoms with Crippen molar-refractivity contribution in [3.63, 3.8) is 0 Å². The van der Waals surface area contributed by atoms with Crippen molar-refractivity contribution in [3.05, 3.63) is 53.2 Å². The van der Waals surface area contributed by atoms with Gasteiger partial charge in [0.2, 0.25) is 0 Å². The van der Waals surface area contributed by atoms with Gasteiger partial charge in [0.25, 0.3) is 0 Å². The standard InChI is InChI=1S/C15H19N3/c1-10-4-6-13(7-5-10)12(3)18-15-14(16)8-11(2)9-17-15/h4-9,12H,16H2,1-3H3,(H,17,18). The summed E-state index contributed by atoms with van der Waals surface area (Å²) in [5, 5.41) is 3.34. The molecule has 1 aromatic carbocycles. The number of benzene rings is 1. The second-order valence-electron chi connectivity index (χ2n) is 4.73. The topological polar surface area (TPSA) is 50.9 Å². The summed E-state index contributed by atoms with van der Waals surface area (Å²) in [6.45, 7) is 6.17. The van der Waals surface area contributed by atoms with Gasteiger partial charge in [0, 0.05) is 6.20 Å². The van der Waals surface area contributed by atoms with Crippen LogP contribution in [0.3, 0.4) is 0 Å². The van der Waals surface area contributed by atoms with Gasteiger partial charge in [-0.2, -0.15) is 0 Å². The molecule has 1 heterocycles. The fourth-order valence-electron chi connectivity index (χ4n) is 1.86. The number of hydrogen-bond acceptors (Lipinski definition) is 3. The van der Waals surface area contributed by atoms with Crippen molar-refractivity contribution < 1.29 is 0 Å². The minimum Gasteiger partial charge on any atom is -0.396 e. The molecule has 3 N–H and O–H groups in total. The number of rotatable bonds is 3. The molecule has 1 atom stereocenters. The number of hydrogen-bond donors (Lipinski definition) is 2. The van der Waals surface area contributed by atoms with Gasteiger partial charge < -0.3 is 11.1 Å². The zero-order valence-electron chi connectivity index (χ0n) is 11.1. The Morgan fingerprint density at radius 2 is 1.78 bits per heavy atom. The minimum absolute atomic E-state index is 0.183. The molecule has 0 aliphatic heterocycles. The number of nitrogens with one attached hydrogen (secondary N) is 1. The third-order valence-corrected chi connectivity index (χ3v) is 2.98. The van der Waals surface area contributed by atoms with E-state index in [0.29, 0.717) is 5.69 Å². The highest BCUT2D eigenvalue weighted by Gasteiger charge is 2.08. The lowest BCUT2D eigenvalue weighted by atomic mass is 10.1. The largest absolute Gasteiger partial charge is 0.396 e. The molecule has 1 unspecified atom stereocenters. The molecule has 0 saturated carbocycles. The fraction of sp³-hybridized carbons (Fsp3) is 0.267. The number of aromatic nitrogens is 1. The molecule has 0 saturated heterocycles. The number of anilines is 2. The van der Waals surface area contributed by atoms with Crippen molar-refractivity contribution in [1.29, 1.82) is 0 Å². The first-order valence-corrected chi connectivity index (χ1v) is 6.11. The molecular formula is C15H19N3. The minimum atomic E-state index is 0.183. The fourth-order valence-corrected chi connectivity index (χ4v) is 1.86. The molecule has 2 aromatic rings. The molecule has 3 heteroatoms. The average Bonchev–Trinajstić information content (AvgIpc) is 2.33. The molecule has 0 aliphatic carbocycles. The number of nitrogens with two attached hydrogens (primary N) is 1. The van der Waals surface area contributed by atoms with Crippen molar-refractivity contribution in [2.45, 2.75) is 26.8 Å². The Labute approximate surface area is 108 Å². The summed E-state index contributed by atoms with van der Waals surface area (Å²) in [6.07, 6.45) is 1.82. The molecule has 0 aliphatic rings. The summed E-state index contributed by atoms with van der Waals surface area (Å²) >= 11 is 0. The molecule has 0 bridgehead atoms. The summed E-state index contributed by atoms with van der Waals surface area (Å²) in [5.41, 5.74) is 10.2. The lowest BCUT2D eigenvalue weighted by Gasteiger charge is -2.16. The summed E-state index contributed by atoms with van der Waals surface area (Å²) in [5.74, 6) is 0.744. The summed E-state index contributed by atoms with van der Waals surface area (Å²) in [4.78, 5) is 4.32. The van der Waals surface area contributed by atoms with E-state index in [1.165, 1.54) is 11.1 Å². The van der Waals surface area contributed by atoms with Crippen LogP contribution in [0.1, 0.15) is 29.7 Å². The van der Waals surface area contributed by atoms with Crippen LogP contribution in [0, 0.1) is 13.8 Å². The third kappa shape index (κ3) is 2.80. The van der Waals surface area contributed by atoms with E-state index in [0.717, 1.165) is 11.4 Å². The SMILES string of the molecule is Cc1ccc(C(C)Nc2ncc(C)cc2N)cc1. The Balaban J connectivity index is 2.15. The van der Waals surface area contributed by atoms with Crippen molar-refractivity contribution >= 4 is 11.5 Å². The molecule has 94 valence electrons. The lowest BCUT2D eigenvalue weighted by molar-refractivity contribution is 0.874. The molecule has 0 spiro atoms. The maximum Gasteiger partial charge on any atom is 0.149 e. The summed E-state index contributed by atoms with van der Waals surface area (Å²) < 4.78 is 0. The van der Waals surface area contributed by atoms with Gasteiger partial charge in [-0.3, -0.25) is 0 Å². The van der Waals surface area contributed by atoms with Crippen LogP contribution < -0.4 is 11.1 Å². The summed E-state index contributed by atoms with van der Waals surface area (Å²) in [7, 11) is 0. The lowest BCUT2D eigenvalue weighted by Crippen LogP contribution is -2.10. The highest BCUT2D eigenvalue weighted by molar-refractivity contribution is 5.62. The van der Waals surface area contributed by atoms with Gasteiger partial charge in [-0.1, -0.05) is 29.8 Å². The van der Waals surface area contributed by atoms with E-state index < -0.39 is 0 Å². The monoisotopic (exact) mass is 241 g/mol. The Hall–Kier alpha value is -2.03. The zero-order chi connectivity index (χ0) is 13.1. The molecule has 18 heavy (non-hydrogen) atoms. The molecule has 3 nitrogen and oxygen atoms in total. The van der Waals surface area contributed by atoms with Gasteiger partial charge in [0.1, 0.15) is 5.82 Å². The van der Waals surface area contributed by atoms with Crippen LogP contribution >= 0.6 is 0 Å². The van der Waals surface area contributed by atoms with E-state index in [9.17, 15) is 0 Å². The highest BCUT2D eigenvalue weighted by Crippen LogP contribution is 2.22. The predicted octanol–water partition coefficient (Wildman–Crippen LogP) is 3.45. The van der Waals surface area contributed by atoms with E-state index in [-0.39, 0.29) is 6.04 Å². The van der Waals surface area contributed by atoms with Gasteiger partial charge in [0.15, 0.2) is 0 Å². The molecule has 0 amide bonds.